The second-order valence-corrected chi connectivity index (χ2v) is 9.35. The molecule has 0 aliphatic heterocycles. The van der Waals surface area contributed by atoms with Crippen molar-refractivity contribution in [1.82, 2.24) is 0 Å². The molecule has 0 spiro atoms. The van der Waals surface area contributed by atoms with E-state index in [2.05, 4.69) is 4.74 Å². The lowest BCUT2D eigenvalue weighted by Gasteiger charge is -2.22. The maximum Gasteiger partial charge on any atom is 0.387 e. The fraction of sp³-hybridized carbons (Fsp3) is 0.600. The molecule has 11 heteroatoms. The van der Waals surface area contributed by atoms with Crippen LogP contribution in [-0.4, -0.2) is 33.6 Å². The van der Waals surface area contributed by atoms with Gasteiger partial charge in [0.05, 0.1) is 12.2 Å². The van der Waals surface area contributed by atoms with Gasteiger partial charge in [-0.2, -0.15) is 17.2 Å². The van der Waals surface area contributed by atoms with E-state index in [0.717, 1.165) is 6.07 Å². The Balaban J connectivity index is 3.14. The Morgan fingerprint density at radius 3 is 2.08 bits per heavy atom. The molecule has 150 valence electrons. The summed E-state index contributed by atoms with van der Waals surface area (Å²) < 4.78 is 82.2. The maximum atomic E-state index is 12.7. The van der Waals surface area contributed by atoms with E-state index in [-0.39, 0.29) is 5.56 Å². The van der Waals surface area contributed by atoms with Gasteiger partial charge in [0.2, 0.25) is 0 Å². The zero-order chi connectivity index (χ0) is 20.1. The molecule has 0 aromatic heterocycles. The van der Waals surface area contributed by atoms with Crippen LogP contribution in [0, 0.1) is 6.92 Å². The molecule has 0 atom stereocenters. The van der Waals surface area contributed by atoms with Gasteiger partial charge >= 0.3 is 24.3 Å². The summed E-state index contributed by atoms with van der Waals surface area (Å²) in [5.74, 6) is -0.565. The molecule has 26 heavy (non-hydrogen) atoms. The molecule has 7 nitrogen and oxygen atoms in total. The van der Waals surface area contributed by atoms with Gasteiger partial charge in [-0.05, 0) is 46.2 Å². The fourth-order valence-corrected chi connectivity index (χ4v) is 5.53. The quantitative estimate of drug-likeness (QED) is 0.415. The molecular formula is C15H23F2O7PS. The fourth-order valence-electron chi connectivity index (χ4n) is 2.06. The second-order valence-electron chi connectivity index (χ2n) is 5.90. The van der Waals surface area contributed by atoms with E-state index < -0.39 is 53.5 Å². The van der Waals surface area contributed by atoms with Crippen molar-refractivity contribution in [3.05, 3.63) is 23.8 Å². The molecule has 0 bridgehead atoms. The third kappa shape index (κ3) is 6.92. The lowest BCUT2D eigenvalue weighted by molar-refractivity contribution is -0.0519. The Hall–Kier alpha value is -1.06. The number of alkyl halides is 2. The van der Waals surface area contributed by atoms with Crippen LogP contribution in [-0.2, 0) is 27.9 Å². The zero-order valence-corrected chi connectivity index (χ0v) is 16.9. The van der Waals surface area contributed by atoms with Gasteiger partial charge in [-0.3, -0.25) is 8.75 Å². The highest BCUT2D eigenvalue weighted by Gasteiger charge is 2.33. The Labute approximate surface area is 152 Å². The summed E-state index contributed by atoms with van der Waals surface area (Å²) in [5.41, 5.74) is 0.132. The van der Waals surface area contributed by atoms with Crippen molar-refractivity contribution >= 4 is 17.7 Å². The number of ether oxygens (including phenoxy) is 1. The molecule has 0 radical (unpaired) electrons. The van der Waals surface area contributed by atoms with Crippen molar-refractivity contribution in [3.8, 4) is 5.75 Å². The molecule has 0 aliphatic carbocycles. The molecule has 0 fully saturated rings. The average molecular weight is 416 g/mol. The Morgan fingerprint density at radius 1 is 1.08 bits per heavy atom. The van der Waals surface area contributed by atoms with Gasteiger partial charge in [0.25, 0.3) is 0 Å². The molecule has 0 saturated heterocycles. The molecule has 0 heterocycles. The monoisotopic (exact) mass is 416 g/mol. The summed E-state index contributed by atoms with van der Waals surface area (Å²) in [7, 11) is -8.46. The van der Waals surface area contributed by atoms with E-state index >= 15 is 0 Å². The summed E-state index contributed by atoms with van der Waals surface area (Å²) >= 11 is 0. The van der Waals surface area contributed by atoms with Gasteiger partial charge < -0.3 is 13.8 Å². The van der Waals surface area contributed by atoms with E-state index in [1.54, 1.807) is 27.7 Å². The normalized spacial score (nSPS) is 13.0. The lowest BCUT2D eigenvalue weighted by atomic mass is 10.2. The molecular weight excluding hydrogens is 393 g/mol. The Kier molecular flexibility index (Phi) is 8.16. The van der Waals surface area contributed by atoms with E-state index in [1.165, 1.54) is 19.1 Å². The third-order valence-corrected chi connectivity index (χ3v) is 6.31. The number of hydrogen-bond acceptors (Lipinski definition) is 7. The van der Waals surface area contributed by atoms with Gasteiger partial charge in [0.15, 0.2) is 6.35 Å². The molecule has 0 aliphatic rings. The van der Waals surface area contributed by atoms with Crippen LogP contribution >= 0.6 is 7.60 Å². The number of rotatable bonds is 10. The van der Waals surface area contributed by atoms with Gasteiger partial charge in [-0.25, -0.2) is 0 Å². The first kappa shape index (κ1) is 23.0. The van der Waals surface area contributed by atoms with Crippen LogP contribution in [0.2, 0.25) is 0 Å². The Bertz CT molecular complexity index is 736. The number of benzene rings is 1. The minimum Gasteiger partial charge on any atom is -0.433 e. The number of halogens is 2. The molecule has 0 amide bonds. The minimum atomic E-state index is -4.56. The highest BCUT2D eigenvalue weighted by molar-refractivity contribution is 7.87. The van der Waals surface area contributed by atoms with Crippen molar-refractivity contribution in [2.75, 3.05) is 6.35 Å². The van der Waals surface area contributed by atoms with Crippen molar-refractivity contribution in [2.24, 2.45) is 0 Å². The number of hydrogen-bond donors (Lipinski definition) is 0. The third-order valence-electron chi connectivity index (χ3n) is 2.75. The second kappa shape index (κ2) is 9.23. The molecule has 0 N–H and O–H groups in total. The van der Waals surface area contributed by atoms with Gasteiger partial charge in [-0.1, -0.05) is 12.1 Å². The van der Waals surface area contributed by atoms with Crippen LogP contribution in [0.4, 0.5) is 8.78 Å². The van der Waals surface area contributed by atoms with Gasteiger partial charge in [-0.15, -0.1) is 0 Å². The Morgan fingerprint density at radius 2 is 1.62 bits per heavy atom. The van der Waals surface area contributed by atoms with Crippen molar-refractivity contribution in [3.63, 3.8) is 0 Å². The summed E-state index contributed by atoms with van der Waals surface area (Å²) in [4.78, 5) is -0.569. The zero-order valence-electron chi connectivity index (χ0n) is 15.1. The first-order chi connectivity index (χ1) is 11.9. The van der Waals surface area contributed by atoms with E-state index in [4.69, 9.17) is 13.2 Å². The largest absolute Gasteiger partial charge is 0.433 e. The molecule has 1 aromatic rings. The molecule has 0 unspecified atom stereocenters. The minimum absolute atomic E-state index is 0.132. The summed E-state index contributed by atoms with van der Waals surface area (Å²) in [6, 6.07) is 3.83. The summed E-state index contributed by atoms with van der Waals surface area (Å²) in [6.45, 7) is 4.57. The SMILES string of the molecule is Cc1cccc(OC(F)F)c1S(=O)(=O)OCP(=O)(OC(C)C)OC(C)C. The van der Waals surface area contributed by atoms with Crippen LogP contribution in [0.25, 0.3) is 0 Å². The number of aryl methyl sites for hydroxylation is 1. The van der Waals surface area contributed by atoms with Crippen molar-refractivity contribution < 1.29 is 39.7 Å². The first-order valence-electron chi connectivity index (χ1n) is 7.76. The summed E-state index contributed by atoms with van der Waals surface area (Å²) in [6.07, 6.45) is -1.92. The van der Waals surface area contributed by atoms with Crippen molar-refractivity contribution in [2.45, 2.75) is 58.3 Å². The van der Waals surface area contributed by atoms with Gasteiger partial charge in [0.1, 0.15) is 10.6 Å². The highest BCUT2D eigenvalue weighted by atomic mass is 32.2. The van der Waals surface area contributed by atoms with Crippen LogP contribution in [0.1, 0.15) is 33.3 Å². The van der Waals surface area contributed by atoms with Crippen LogP contribution in [0.15, 0.2) is 23.1 Å². The predicted molar refractivity (Wildman–Crippen MR) is 91.0 cm³/mol. The lowest BCUT2D eigenvalue weighted by Crippen LogP contribution is -2.16. The molecule has 0 saturated carbocycles. The van der Waals surface area contributed by atoms with Gasteiger partial charge in [0, 0.05) is 0 Å². The molecule has 1 aromatic carbocycles. The molecule has 1 rings (SSSR count). The van der Waals surface area contributed by atoms with E-state index in [1.807, 2.05) is 0 Å². The van der Waals surface area contributed by atoms with Crippen molar-refractivity contribution in [1.29, 1.82) is 0 Å². The van der Waals surface area contributed by atoms with Crippen LogP contribution < -0.4 is 4.74 Å². The predicted octanol–water partition coefficient (Wildman–Crippen LogP) is 4.30. The average Bonchev–Trinajstić information content (AvgIpc) is 2.42. The van der Waals surface area contributed by atoms with E-state index in [9.17, 15) is 21.8 Å². The first-order valence-corrected chi connectivity index (χ1v) is 10.9. The smallest absolute Gasteiger partial charge is 0.387 e. The van der Waals surface area contributed by atoms with Crippen LogP contribution in [0.3, 0.4) is 0 Å². The topological polar surface area (TPSA) is 88.1 Å². The van der Waals surface area contributed by atoms with Crippen LogP contribution in [0.5, 0.6) is 5.75 Å². The maximum absolute atomic E-state index is 12.7. The highest BCUT2D eigenvalue weighted by Crippen LogP contribution is 2.51. The van der Waals surface area contributed by atoms with E-state index in [0.29, 0.717) is 0 Å². The summed E-state index contributed by atoms with van der Waals surface area (Å²) in [5, 5.41) is 0. The standard InChI is InChI=1S/C15H23F2O7PS/c1-10(2)23-25(18,24-11(3)4)9-21-26(19,20)14-12(5)7-6-8-13(14)22-15(16)17/h6-8,10-11,15H,9H2,1-5H3.